The third kappa shape index (κ3) is 3.48. The van der Waals surface area contributed by atoms with E-state index in [1.807, 2.05) is 72.1 Å². The van der Waals surface area contributed by atoms with E-state index in [4.69, 9.17) is 0 Å². The summed E-state index contributed by atoms with van der Waals surface area (Å²) in [5.74, 6) is -0.724. The van der Waals surface area contributed by atoms with E-state index in [1.165, 1.54) is 0 Å². The summed E-state index contributed by atoms with van der Waals surface area (Å²) >= 11 is 1.61. The molecule has 1 fully saturated rings. The number of hydrogen-bond acceptors (Lipinski definition) is 4. The van der Waals surface area contributed by atoms with Gasteiger partial charge in [-0.05, 0) is 41.8 Å². The molecular weight excluding hydrogens is 422 g/mol. The number of imide groups is 1. The number of rotatable bonds is 5. The minimum absolute atomic E-state index is 0.317. The van der Waals surface area contributed by atoms with Gasteiger partial charge in [0.05, 0.1) is 6.04 Å². The molecule has 2 N–H and O–H groups in total. The van der Waals surface area contributed by atoms with E-state index < -0.39 is 11.6 Å². The Bertz CT molecular complexity index is 1120. The zero-order valence-corrected chi connectivity index (χ0v) is 18.2. The number of carbonyl (C=O) groups is 3. The SMILES string of the molecule is O=C(CN1C(=O)N[C@@]2(CCCc3sccc32)C1=O)NC(c1ccccc1)c1ccccc1. The van der Waals surface area contributed by atoms with Crippen LogP contribution in [-0.4, -0.2) is 29.3 Å². The van der Waals surface area contributed by atoms with Crippen molar-refractivity contribution in [1.82, 2.24) is 15.5 Å². The monoisotopic (exact) mass is 445 g/mol. The molecule has 7 heteroatoms. The smallest absolute Gasteiger partial charge is 0.325 e. The molecule has 1 atom stereocenters. The Morgan fingerprint density at radius 2 is 1.69 bits per heavy atom. The van der Waals surface area contributed by atoms with Crippen LogP contribution < -0.4 is 10.6 Å². The Morgan fingerprint density at radius 1 is 1.03 bits per heavy atom. The number of nitrogens with one attached hydrogen (secondary N) is 2. The first-order valence-electron chi connectivity index (χ1n) is 10.7. The number of aryl methyl sites for hydroxylation is 1. The topological polar surface area (TPSA) is 78.5 Å². The molecule has 1 aliphatic heterocycles. The van der Waals surface area contributed by atoms with Crippen molar-refractivity contribution in [2.45, 2.75) is 30.8 Å². The lowest BCUT2D eigenvalue weighted by Crippen LogP contribution is -2.47. The summed E-state index contributed by atoms with van der Waals surface area (Å²) in [6, 6.07) is 20.3. The molecule has 6 nitrogen and oxygen atoms in total. The molecule has 0 bridgehead atoms. The summed E-state index contributed by atoms with van der Waals surface area (Å²) in [7, 11) is 0. The van der Waals surface area contributed by atoms with Gasteiger partial charge in [0.2, 0.25) is 5.91 Å². The number of urea groups is 1. The van der Waals surface area contributed by atoms with Crippen molar-refractivity contribution in [3.05, 3.63) is 93.7 Å². The van der Waals surface area contributed by atoms with Gasteiger partial charge in [0.25, 0.3) is 5.91 Å². The summed E-state index contributed by atoms with van der Waals surface area (Å²) < 4.78 is 0. The highest BCUT2D eigenvalue weighted by Gasteiger charge is 2.54. The zero-order chi connectivity index (χ0) is 22.1. The van der Waals surface area contributed by atoms with Crippen molar-refractivity contribution >= 4 is 29.2 Å². The molecule has 3 aromatic rings. The van der Waals surface area contributed by atoms with Crippen LogP contribution in [0.1, 0.15) is 40.5 Å². The number of benzene rings is 2. The number of thiophene rings is 1. The highest BCUT2D eigenvalue weighted by Crippen LogP contribution is 2.42. The van der Waals surface area contributed by atoms with Gasteiger partial charge in [0.15, 0.2) is 0 Å². The lowest BCUT2D eigenvalue weighted by Gasteiger charge is -2.31. The Morgan fingerprint density at radius 3 is 2.34 bits per heavy atom. The maximum absolute atomic E-state index is 13.4. The molecular formula is C25H23N3O3S. The van der Waals surface area contributed by atoms with Gasteiger partial charge in [-0.1, -0.05) is 60.7 Å². The van der Waals surface area contributed by atoms with Crippen LogP contribution in [0.4, 0.5) is 4.79 Å². The van der Waals surface area contributed by atoms with Crippen LogP contribution in [0.5, 0.6) is 0 Å². The number of amides is 4. The van der Waals surface area contributed by atoms with Crippen LogP contribution in [-0.2, 0) is 21.5 Å². The van der Waals surface area contributed by atoms with Crippen LogP contribution in [0.15, 0.2) is 72.1 Å². The predicted molar refractivity (Wildman–Crippen MR) is 122 cm³/mol. The van der Waals surface area contributed by atoms with Crippen molar-refractivity contribution in [1.29, 1.82) is 0 Å². The third-order valence-corrected chi connectivity index (χ3v) is 7.19. The minimum atomic E-state index is -1.04. The molecule has 2 heterocycles. The number of hydrogen-bond donors (Lipinski definition) is 2. The molecule has 5 rings (SSSR count). The first-order chi connectivity index (χ1) is 15.6. The molecule has 0 saturated carbocycles. The van der Waals surface area contributed by atoms with E-state index >= 15 is 0 Å². The van der Waals surface area contributed by atoms with Crippen LogP contribution in [0, 0.1) is 0 Å². The summed E-state index contributed by atoms with van der Waals surface area (Å²) in [6.45, 7) is -0.317. The molecule has 32 heavy (non-hydrogen) atoms. The first kappa shape index (κ1) is 20.5. The van der Waals surface area contributed by atoms with E-state index in [0.29, 0.717) is 6.42 Å². The van der Waals surface area contributed by atoms with E-state index in [0.717, 1.165) is 39.3 Å². The molecule has 162 valence electrons. The fraction of sp³-hybridized carbons (Fsp3) is 0.240. The van der Waals surface area contributed by atoms with Gasteiger partial charge < -0.3 is 10.6 Å². The second-order valence-electron chi connectivity index (χ2n) is 8.16. The van der Waals surface area contributed by atoms with Gasteiger partial charge in [-0.15, -0.1) is 11.3 Å². The fourth-order valence-corrected chi connectivity index (χ4v) is 5.69. The molecule has 2 aliphatic rings. The maximum atomic E-state index is 13.4. The number of nitrogens with zero attached hydrogens (tertiary/aromatic N) is 1. The second kappa shape index (κ2) is 8.24. The van der Waals surface area contributed by atoms with Gasteiger partial charge in [-0.2, -0.15) is 0 Å². The molecule has 4 amide bonds. The molecule has 1 aromatic heterocycles. The fourth-order valence-electron chi connectivity index (χ4n) is 4.69. The highest BCUT2D eigenvalue weighted by atomic mass is 32.1. The Hall–Kier alpha value is -3.45. The number of fused-ring (bicyclic) bond motifs is 2. The highest BCUT2D eigenvalue weighted by molar-refractivity contribution is 7.10. The van der Waals surface area contributed by atoms with Crippen LogP contribution in [0.25, 0.3) is 0 Å². The van der Waals surface area contributed by atoms with E-state index in [1.54, 1.807) is 11.3 Å². The number of carbonyl (C=O) groups excluding carboxylic acids is 3. The van der Waals surface area contributed by atoms with Crippen molar-refractivity contribution in [2.24, 2.45) is 0 Å². The quantitative estimate of drug-likeness (QED) is 0.588. The molecule has 1 aliphatic carbocycles. The predicted octanol–water partition coefficient (Wildman–Crippen LogP) is 3.74. The van der Waals surface area contributed by atoms with E-state index in [9.17, 15) is 14.4 Å². The van der Waals surface area contributed by atoms with Gasteiger partial charge in [0.1, 0.15) is 12.1 Å². The Balaban J connectivity index is 1.37. The lowest BCUT2D eigenvalue weighted by molar-refractivity contribution is -0.135. The maximum Gasteiger partial charge on any atom is 0.325 e. The average Bonchev–Trinajstić information content (AvgIpc) is 3.39. The summed E-state index contributed by atoms with van der Waals surface area (Å²) in [6.07, 6.45) is 2.29. The van der Waals surface area contributed by atoms with Crippen LogP contribution in [0.2, 0.25) is 0 Å². The summed E-state index contributed by atoms with van der Waals surface area (Å²) in [5, 5.41) is 7.87. The molecule has 2 aromatic carbocycles. The normalized spacial score (nSPS) is 19.8. The lowest BCUT2D eigenvalue weighted by atomic mass is 9.80. The first-order valence-corrected chi connectivity index (χ1v) is 11.6. The molecule has 1 saturated heterocycles. The average molecular weight is 446 g/mol. The molecule has 0 radical (unpaired) electrons. The van der Waals surface area contributed by atoms with Crippen molar-refractivity contribution in [3.8, 4) is 0 Å². The van der Waals surface area contributed by atoms with Gasteiger partial charge >= 0.3 is 6.03 Å². The second-order valence-corrected chi connectivity index (χ2v) is 9.16. The van der Waals surface area contributed by atoms with Gasteiger partial charge in [-0.3, -0.25) is 14.5 Å². The van der Waals surface area contributed by atoms with Crippen molar-refractivity contribution in [2.75, 3.05) is 6.54 Å². The Labute approximate surface area is 190 Å². The van der Waals surface area contributed by atoms with Gasteiger partial charge in [0, 0.05) is 10.4 Å². The summed E-state index contributed by atoms with van der Waals surface area (Å²) in [5.41, 5.74) is 1.69. The van der Waals surface area contributed by atoms with E-state index in [2.05, 4.69) is 10.6 Å². The van der Waals surface area contributed by atoms with Crippen LogP contribution >= 0.6 is 11.3 Å². The third-order valence-electron chi connectivity index (χ3n) is 6.21. The van der Waals surface area contributed by atoms with Gasteiger partial charge in [-0.25, -0.2) is 4.79 Å². The zero-order valence-electron chi connectivity index (χ0n) is 17.4. The van der Waals surface area contributed by atoms with Crippen LogP contribution in [0.3, 0.4) is 0 Å². The Kier molecular flexibility index (Phi) is 5.27. The molecule has 1 spiro atoms. The molecule has 0 unspecified atom stereocenters. The van der Waals surface area contributed by atoms with Crippen molar-refractivity contribution in [3.63, 3.8) is 0 Å². The minimum Gasteiger partial charge on any atom is -0.344 e. The standard InChI is InChI=1S/C25H23N3O3S/c29-21(26-22(17-8-3-1-4-9-17)18-10-5-2-6-11-18)16-28-23(30)25(27-24(28)31)14-7-12-20-19(25)13-15-32-20/h1-6,8-11,13,15,22H,7,12,14,16H2,(H,26,29)(H,27,31)/t25-/m1/s1. The van der Waals surface area contributed by atoms with E-state index in [-0.39, 0.29) is 24.4 Å². The van der Waals surface area contributed by atoms with Crippen molar-refractivity contribution < 1.29 is 14.4 Å². The largest absolute Gasteiger partial charge is 0.344 e. The summed E-state index contributed by atoms with van der Waals surface area (Å²) in [4.78, 5) is 41.4.